The van der Waals surface area contributed by atoms with E-state index in [1.54, 1.807) is 17.0 Å². The van der Waals surface area contributed by atoms with Crippen molar-refractivity contribution >= 4 is 11.0 Å². The average molecular weight is 394 g/mol. The smallest absolute Gasteiger partial charge is 0.264 e. The normalized spacial score (nSPS) is 16.6. The van der Waals surface area contributed by atoms with Gasteiger partial charge in [0.2, 0.25) is 0 Å². The SMILES string of the molecule is Cc1ccc2c(c1)C1C(=COc3c1c(=O)n(-c1ccccc1)c1ncccc31)CO2. The van der Waals surface area contributed by atoms with Crippen molar-refractivity contribution in [2.45, 2.75) is 12.8 Å². The number of rotatable bonds is 1. The van der Waals surface area contributed by atoms with E-state index in [9.17, 15) is 4.79 Å². The number of hydrogen-bond acceptors (Lipinski definition) is 4. The van der Waals surface area contributed by atoms with E-state index in [4.69, 9.17) is 9.47 Å². The number of aromatic nitrogens is 2. The molecule has 2 aliphatic heterocycles. The summed E-state index contributed by atoms with van der Waals surface area (Å²) in [7, 11) is 0. The Labute approximate surface area is 172 Å². The van der Waals surface area contributed by atoms with E-state index in [2.05, 4.69) is 11.1 Å². The molecule has 4 aromatic rings. The Balaban J connectivity index is 1.74. The van der Waals surface area contributed by atoms with Crippen molar-refractivity contribution in [1.82, 2.24) is 9.55 Å². The van der Waals surface area contributed by atoms with Crippen molar-refractivity contribution in [1.29, 1.82) is 0 Å². The second kappa shape index (κ2) is 6.32. The topological polar surface area (TPSA) is 53.4 Å². The summed E-state index contributed by atoms with van der Waals surface area (Å²) in [6, 6.07) is 19.5. The number of aryl methyl sites for hydroxylation is 1. The lowest BCUT2D eigenvalue weighted by atomic mass is 9.81. The molecule has 0 radical (unpaired) electrons. The fourth-order valence-electron chi connectivity index (χ4n) is 4.46. The molecule has 1 atom stereocenters. The molecule has 4 heterocycles. The molecule has 0 aliphatic carbocycles. The summed E-state index contributed by atoms with van der Waals surface area (Å²) in [6.45, 7) is 2.45. The van der Waals surface area contributed by atoms with Gasteiger partial charge in [0.15, 0.2) is 5.65 Å². The zero-order chi connectivity index (χ0) is 20.2. The maximum Gasteiger partial charge on any atom is 0.264 e. The third kappa shape index (κ3) is 2.35. The third-order valence-electron chi connectivity index (χ3n) is 5.79. The van der Waals surface area contributed by atoms with Gasteiger partial charge in [0.1, 0.15) is 18.1 Å². The van der Waals surface area contributed by atoms with Gasteiger partial charge in [0.05, 0.1) is 22.9 Å². The van der Waals surface area contributed by atoms with Crippen LogP contribution in [0.2, 0.25) is 0 Å². The maximum atomic E-state index is 14.0. The fraction of sp³-hybridized carbons (Fsp3) is 0.120. The van der Waals surface area contributed by atoms with Crippen LogP contribution in [0.3, 0.4) is 0 Å². The minimum Gasteiger partial charge on any atom is -0.489 e. The van der Waals surface area contributed by atoms with Crippen molar-refractivity contribution in [2.24, 2.45) is 0 Å². The molecule has 0 N–H and O–H groups in total. The standard InChI is InChI=1S/C25H18N2O3/c1-15-9-10-20-19(12-15)21-16(13-29-20)14-30-23-18-8-5-11-26-24(18)27(25(28)22(21)23)17-6-3-2-4-7-17/h2-12,14,21H,13H2,1H3. The molecular weight excluding hydrogens is 376 g/mol. The van der Waals surface area contributed by atoms with Gasteiger partial charge in [-0.2, -0.15) is 0 Å². The maximum absolute atomic E-state index is 14.0. The lowest BCUT2D eigenvalue weighted by molar-refractivity contribution is 0.308. The Kier molecular flexibility index (Phi) is 3.59. The largest absolute Gasteiger partial charge is 0.489 e. The van der Waals surface area contributed by atoms with E-state index in [1.807, 2.05) is 61.5 Å². The van der Waals surface area contributed by atoms with Crippen molar-refractivity contribution in [3.05, 3.63) is 106 Å². The molecule has 2 aromatic heterocycles. The second-order valence-corrected chi connectivity index (χ2v) is 7.67. The molecule has 2 aromatic carbocycles. The first-order chi connectivity index (χ1) is 14.7. The van der Waals surface area contributed by atoms with Gasteiger partial charge < -0.3 is 9.47 Å². The minimum atomic E-state index is -0.204. The van der Waals surface area contributed by atoms with Crippen molar-refractivity contribution in [3.8, 4) is 17.2 Å². The average Bonchev–Trinajstić information content (AvgIpc) is 2.79. The lowest BCUT2D eigenvalue weighted by Gasteiger charge is -2.33. The van der Waals surface area contributed by atoms with E-state index in [0.29, 0.717) is 23.6 Å². The molecule has 0 spiro atoms. The molecule has 2 aliphatic rings. The van der Waals surface area contributed by atoms with Gasteiger partial charge >= 0.3 is 0 Å². The number of ether oxygens (including phenoxy) is 2. The number of pyridine rings is 2. The summed E-state index contributed by atoms with van der Waals surface area (Å²) >= 11 is 0. The minimum absolute atomic E-state index is 0.118. The highest BCUT2D eigenvalue weighted by atomic mass is 16.5. The molecule has 0 amide bonds. The highest BCUT2D eigenvalue weighted by Crippen LogP contribution is 2.47. The van der Waals surface area contributed by atoms with Crippen molar-refractivity contribution < 1.29 is 9.47 Å². The van der Waals surface area contributed by atoms with Gasteiger partial charge in [-0.15, -0.1) is 0 Å². The van der Waals surface area contributed by atoms with Crippen LogP contribution < -0.4 is 15.0 Å². The summed E-state index contributed by atoms with van der Waals surface area (Å²) in [6.07, 6.45) is 3.43. The van der Waals surface area contributed by atoms with E-state index < -0.39 is 0 Å². The first-order valence-corrected chi connectivity index (χ1v) is 9.90. The molecule has 0 saturated carbocycles. The highest BCUT2D eigenvalue weighted by Gasteiger charge is 2.37. The van der Waals surface area contributed by atoms with Crippen molar-refractivity contribution in [3.63, 3.8) is 0 Å². The van der Waals surface area contributed by atoms with Gasteiger partial charge in [0.25, 0.3) is 5.56 Å². The van der Waals surface area contributed by atoms with Gasteiger partial charge in [0, 0.05) is 23.3 Å². The van der Waals surface area contributed by atoms with Crippen LogP contribution in [-0.2, 0) is 0 Å². The van der Waals surface area contributed by atoms with Crippen LogP contribution in [0.1, 0.15) is 22.6 Å². The van der Waals surface area contributed by atoms with Crippen molar-refractivity contribution in [2.75, 3.05) is 6.61 Å². The first kappa shape index (κ1) is 17.0. The van der Waals surface area contributed by atoms with Crippen LogP contribution in [0, 0.1) is 6.92 Å². The Bertz CT molecular complexity index is 1400. The molecular formula is C25H18N2O3. The number of nitrogens with zero attached hydrogens (tertiary/aromatic N) is 2. The number of hydrogen-bond donors (Lipinski definition) is 0. The molecule has 0 saturated heterocycles. The Morgan fingerprint density at radius 1 is 1.07 bits per heavy atom. The molecule has 30 heavy (non-hydrogen) atoms. The number of fused-ring (bicyclic) bond motifs is 7. The van der Waals surface area contributed by atoms with Crippen LogP contribution in [0.4, 0.5) is 0 Å². The van der Waals surface area contributed by atoms with Crippen LogP contribution in [-0.4, -0.2) is 16.2 Å². The molecule has 0 fully saturated rings. The zero-order valence-corrected chi connectivity index (χ0v) is 16.3. The van der Waals surface area contributed by atoms with Gasteiger partial charge in [-0.1, -0.05) is 35.9 Å². The summed E-state index contributed by atoms with van der Waals surface area (Å²) in [5.74, 6) is 1.19. The van der Waals surface area contributed by atoms with E-state index in [0.717, 1.165) is 33.5 Å². The monoisotopic (exact) mass is 394 g/mol. The number of benzene rings is 2. The molecule has 5 nitrogen and oxygen atoms in total. The Morgan fingerprint density at radius 3 is 2.80 bits per heavy atom. The Morgan fingerprint density at radius 2 is 1.93 bits per heavy atom. The van der Waals surface area contributed by atoms with Crippen LogP contribution in [0.25, 0.3) is 16.7 Å². The Hall–Kier alpha value is -3.86. The van der Waals surface area contributed by atoms with Crippen LogP contribution in [0.5, 0.6) is 11.5 Å². The van der Waals surface area contributed by atoms with E-state index in [-0.39, 0.29) is 11.5 Å². The first-order valence-electron chi connectivity index (χ1n) is 9.90. The molecule has 5 heteroatoms. The zero-order valence-electron chi connectivity index (χ0n) is 16.3. The molecule has 6 rings (SSSR count). The highest BCUT2D eigenvalue weighted by molar-refractivity contribution is 5.86. The summed E-state index contributed by atoms with van der Waals surface area (Å²) in [5.41, 5.74) is 4.94. The second-order valence-electron chi connectivity index (χ2n) is 7.67. The summed E-state index contributed by atoms with van der Waals surface area (Å²) in [5, 5.41) is 0.812. The fourth-order valence-corrected chi connectivity index (χ4v) is 4.46. The predicted molar refractivity (Wildman–Crippen MR) is 115 cm³/mol. The van der Waals surface area contributed by atoms with Crippen LogP contribution in [0.15, 0.2) is 83.5 Å². The van der Waals surface area contributed by atoms with E-state index in [1.165, 1.54) is 0 Å². The predicted octanol–water partition coefficient (Wildman–Crippen LogP) is 4.49. The summed E-state index contributed by atoms with van der Waals surface area (Å²) < 4.78 is 13.6. The quantitative estimate of drug-likeness (QED) is 0.477. The van der Waals surface area contributed by atoms with Gasteiger partial charge in [-0.25, -0.2) is 4.98 Å². The third-order valence-corrected chi connectivity index (χ3v) is 5.79. The number of para-hydroxylation sites is 1. The van der Waals surface area contributed by atoms with Crippen LogP contribution >= 0.6 is 0 Å². The van der Waals surface area contributed by atoms with Gasteiger partial charge in [-0.3, -0.25) is 9.36 Å². The van der Waals surface area contributed by atoms with E-state index >= 15 is 0 Å². The summed E-state index contributed by atoms with van der Waals surface area (Å²) in [4.78, 5) is 18.5. The molecule has 146 valence electrons. The van der Waals surface area contributed by atoms with Gasteiger partial charge in [-0.05, 0) is 37.3 Å². The lowest BCUT2D eigenvalue weighted by Crippen LogP contribution is -2.32. The molecule has 1 unspecified atom stereocenters. The molecule has 0 bridgehead atoms.